The predicted molar refractivity (Wildman–Crippen MR) is 67.5 cm³/mol. The molecule has 0 aromatic carbocycles. The molecule has 0 aliphatic heterocycles. The lowest BCUT2D eigenvalue weighted by Crippen LogP contribution is -2.16. The van der Waals surface area contributed by atoms with Crippen molar-refractivity contribution >= 4 is 11.6 Å². The standard InChI is InChI=1S/C13H12F3N3O2/c1-7-10(8(2)21-19-7)5-12(20)18-9-3-4-11(17-6-9)13(14,15)16/h3-4,6H,5H2,1-2H3,(H,18,20). The highest BCUT2D eigenvalue weighted by molar-refractivity contribution is 5.92. The molecule has 0 atom stereocenters. The average molecular weight is 299 g/mol. The van der Waals surface area contributed by atoms with Gasteiger partial charge >= 0.3 is 6.18 Å². The van der Waals surface area contributed by atoms with Gasteiger partial charge in [-0.15, -0.1) is 0 Å². The topological polar surface area (TPSA) is 68.0 Å². The van der Waals surface area contributed by atoms with Crippen LogP contribution in [0.15, 0.2) is 22.9 Å². The van der Waals surface area contributed by atoms with Crippen LogP contribution < -0.4 is 5.32 Å². The number of anilines is 1. The number of carbonyl (C=O) groups is 1. The number of hydrogen-bond donors (Lipinski definition) is 1. The van der Waals surface area contributed by atoms with Crippen molar-refractivity contribution in [2.75, 3.05) is 5.32 Å². The van der Waals surface area contributed by atoms with Crippen LogP contribution in [0.3, 0.4) is 0 Å². The van der Waals surface area contributed by atoms with Crippen LogP contribution in [0.1, 0.15) is 22.7 Å². The van der Waals surface area contributed by atoms with Crippen molar-refractivity contribution in [1.82, 2.24) is 10.1 Å². The second kappa shape index (κ2) is 5.55. The summed E-state index contributed by atoms with van der Waals surface area (Å²) in [4.78, 5) is 15.1. The summed E-state index contributed by atoms with van der Waals surface area (Å²) >= 11 is 0. The molecule has 0 fully saturated rings. The van der Waals surface area contributed by atoms with Crippen LogP contribution >= 0.6 is 0 Å². The highest BCUT2D eigenvalue weighted by atomic mass is 19.4. The Kier molecular flexibility index (Phi) is 3.97. The number of aromatic nitrogens is 2. The summed E-state index contributed by atoms with van der Waals surface area (Å²) in [5.74, 6) is 0.152. The molecule has 0 radical (unpaired) electrons. The molecule has 0 saturated heterocycles. The lowest BCUT2D eigenvalue weighted by molar-refractivity contribution is -0.141. The van der Waals surface area contributed by atoms with Gasteiger partial charge in [0.25, 0.3) is 0 Å². The van der Waals surface area contributed by atoms with Crippen molar-refractivity contribution in [3.63, 3.8) is 0 Å². The molecule has 2 rings (SSSR count). The van der Waals surface area contributed by atoms with Crippen molar-refractivity contribution in [3.05, 3.63) is 41.0 Å². The van der Waals surface area contributed by atoms with E-state index in [-0.39, 0.29) is 18.0 Å². The number of pyridine rings is 1. The Morgan fingerprint density at radius 1 is 1.33 bits per heavy atom. The Bertz CT molecular complexity index is 628. The molecule has 1 amide bonds. The zero-order valence-electron chi connectivity index (χ0n) is 11.3. The first-order valence-electron chi connectivity index (χ1n) is 6.02. The first-order valence-corrected chi connectivity index (χ1v) is 6.02. The lowest BCUT2D eigenvalue weighted by atomic mass is 10.1. The van der Waals surface area contributed by atoms with Crippen LogP contribution in [0.5, 0.6) is 0 Å². The summed E-state index contributed by atoms with van der Waals surface area (Å²) < 4.78 is 42.0. The van der Waals surface area contributed by atoms with Crippen molar-refractivity contribution in [1.29, 1.82) is 0 Å². The van der Waals surface area contributed by atoms with E-state index >= 15 is 0 Å². The zero-order chi connectivity index (χ0) is 15.6. The number of hydrogen-bond acceptors (Lipinski definition) is 4. The maximum atomic E-state index is 12.4. The quantitative estimate of drug-likeness (QED) is 0.946. The third-order valence-corrected chi connectivity index (χ3v) is 2.86. The minimum atomic E-state index is -4.50. The number of halogens is 3. The van der Waals surface area contributed by atoms with Gasteiger partial charge in [0, 0.05) is 5.56 Å². The minimum Gasteiger partial charge on any atom is -0.361 e. The Balaban J connectivity index is 2.03. The fraction of sp³-hybridized carbons (Fsp3) is 0.308. The van der Waals surface area contributed by atoms with Gasteiger partial charge in [0.05, 0.1) is 24.0 Å². The van der Waals surface area contributed by atoms with Crippen LogP contribution in [-0.4, -0.2) is 16.0 Å². The maximum Gasteiger partial charge on any atom is 0.433 e. The van der Waals surface area contributed by atoms with Gasteiger partial charge in [0.1, 0.15) is 11.5 Å². The number of nitrogens with one attached hydrogen (secondary N) is 1. The van der Waals surface area contributed by atoms with E-state index in [0.29, 0.717) is 17.0 Å². The maximum absolute atomic E-state index is 12.4. The molecule has 0 aliphatic carbocycles. The van der Waals surface area contributed by atoms with Gasteiger partial charge in [-0.25, -0.2) is 4.98 Å². The van der Waals surface area contributed by atoms with E-state index in [9.17, 15) is 18.0 Å². The molecule has 0 saturated carbocycles. The summed E-state index contributed by atoms with van der Waals surface area (Å²) in [6.07, 6.45) is -3.50. The zero-order valence-corrected chi connectivity index (χ0v) is 11.3. The van der Waals surface area contributed by atoms with Crippen molar-refractivity contribution < 1.29 is 22.5 Å². The molecule has 2 aromatic rings. The van der Waals surface area contributed by atoms with Crippen LogP contribution in [0.2, 0.25) is 0 Å². The number of alkyl halides is 3. The predicted octanol–water partition coefficient (Wildman–Crippen LogP) is 2.89. The highest BCUT2D eigenvalue weighted by Gasteiger charge is 2.32. The molecule has 1 N–H and O–H groups in total. The third kappa shape index (κ3) is 3.59. The van der Waals surface area contributed by atoms with E-state index in [1.54, 1.807) is 13.8 Å². The van der Waals surface area contributed by atoms with Gasteiger partial charge in [-0.05, 0) is 26.0 Å². The molecule has 112 valence electrons. The van der Waals surface area contributed by atoms with E-state index in [2.05, 4.69) is 15.5 Å². The van der Waals surface area contributed by atoms with Crippen molar-refractivity contribution in [3.8, 4) is 0 Å². The van der Waals surface area contributed by atoms with Gasteiger partial charge in [-0.2, -0.15) is 13.2 Å². The van der Waals surface area contributed by atoms with Gasteiger partial charge in [0.2, 0.25) is 5.91 Å². The Morgan fingerprint density at radius 3 is 2.52 bits per heavy atom. The molecule has 0 unspecified atom stereocenters. The largest absolute Gasteiger partial charge is 0.433 e. The van der Waals surface area contributed by atoms with E-state index in [4.69, 9.17) is 4.52 Å². The average Bonchev–Trinajstić information content (AvgIpc) is 2.70. The molecule has 0 aliphatic rings. The molecular weight excluding hydrogens is 287 g/mol. The van der Waals surface area contributed by atoms with Crippen LogP contribution in [0.4, 0.5) is 18.9 Å². The summed E-state index contributed by atoms with van der Waals surface area (Å²) in [7, 11) is 0. The number of amides is 1. The van der Waals surface area contributed by atoms with E-state index in [0.717, 1.165) is 18.3 Å². The number of aryl methyl sites for hydroxylation is 2. The van der Waals surface area contributed by atoms with E-state index in [1.807, 2.05) is 0 Å². The van der Waals surface area contributed by atoms with E-state index < -0.39 is 11.9 Å². The van der Waals surface area contributed by atoms with Gasteiger partial charge in [-0.1, -0.05) is 5.16 Å². The molecular formula is C13H12F3N3O2. The molecule has 8 heteroatoms. The first kappa shape index (κ1) is 15.0. The number of rotatable bonds is 3. The smallest absolute Gasteiger partial charge is 0.361 e. The monoisotopic (exact) mass is 299 g/mol. The Labute approximate surface area is 118 Å². The summed E-state index contributed by atoms with van der Waals surface area (Å²) in [6.45, 7) is 3.39. The molecule has 2 aromatic heterocycles. The Hall–Kier alpha value is -2.38. The molecule has 0 bridgehead atoms. The highest BCUT2D eigenvalue weighted by Crippen LogP contribution is 2.27. The normalized spacial score (nSPS) is 11.5. The van der Waals surface area contributed by atoms with Crippen LogP contribution in [-0.2, 0) is 17.4 Å². The van der Waals surface area contributed by atoms with Crippen LogP contribution in [0, 0.1) is 13.8 Å². The number of nitrogens with zero attached hydrogens (tertiary/aromatic N) is 2. The minimum absolute atomic E-state index is 0.0299. The van der Waals surface area contributed by atoms with Gasteiger partial charge < -0.3 is 9.84 Å². The van der Waals surface area contributed by atoms with Gasteiger partial charge in [-0.3, -0.25) is 4.79 Å². The SMILES string of the molecule is Cc1noc(C)c1CC(=O)Nc1ccc(C(F)(F)F)nc1. The van der Waals surface area contributed by atoms with Gasteiger partial charge in [0.15, 0.2) is 0 Å². The fourth-order valence-electron chi connectivity index (χ4n) is 1.76. The summed E-state index contributed by atoms with van der Waals surface area (Å²) in [5.41, 5.74) is 0.451. The second-order valence-electron chi connectivity index (χ2n) is 4.46. The summed E-state index contributed by atoms with van der Waals surface area (Å²) in [6, 6.07) is 1.96. The molecule has 21 heavy (non-hydrogen) atoms. The Morgan fingerprint density at radius 2 is 2.05 bits per heavy atom. The van der Waals surface area contributed by atoms with Crippen molar-refractivity contribution in [2.24, 2.45) is 0 Å². The molecule has 0 spiro atoms. The fourth-order valence-corrected chi connectivity index (χ4v) is 1.76. The first-order chi connectivity index (χ1) is 9.77. The van der Waals surface area contributed by atoms with Crippen LogP contribution in [0.25, 0.3) is 0 Å². The second-order valence-corrected chi connectivity index (χ2v) is 4.46. The molecule has 5 nitrogen and oxygen atoms in total. The van der Waals surface area contributed by atoms with Crippen molar-refractivity contribution in [2.45, 2.75) is 26.4 Å². The summed E-state index contributed by atoms with van der Waals surface area (Å²) in [5, 5.41) is 6.20. The third-order valence-electron chi connectivity index (χ3n) is 2.86. The molecule has 2 heterocycles. The lowest BCUT2D eigenvalue weighted by Gasteiger charge is -2.07. The number of carbonyl (C=O) groups excluding carboxylic acids is 1. The van der Waals surface area contributed by atoms with E-state index in [1.165, 1.54) is 0 Å².